The van der Waals surface area contributed by atoms with Gasteiger partial charge in [0, 0.05) is 35.3 Å². The Labute approximate surface area is 122 Å². The highest BCUT2D eigenvalue weighted by atomic mass is 32.2. The summed E-state index contributed by atoms with van der Waals surface area (Å²) < 4.78 is 11.5. The standard InChI is InChI=1S/C15H22N2O2S/c1-20(19)11-14(12-6-3-2-4-7-12)17-15(18)10-13-8-5-9-16-13/h2-4,6-7,13-14,16H,5,8-11H2,1H3,(H,17,18). The van der Waals surface area contributed by atoms with Crippen LogP contribution in [0.3, 0.4) is 0 Å². The van der Waals surface area contributed by atoms with Gasteiger partial charge in [-0.2, -0.15) is 0 Å². The number of nitrogens with one attached hydrogen (secondary N) is 2. The maximum Gasteiger partial charge on any atom is 0.222 e. The van der Waals surface area contributed by atoms with Crippen LogP contribution in [0.1, 0.15) is 30.9 Å². The average Bonchev–Trinajstić information content (AvgIpc) is 2.91. The molecule has 1 aromatic rings. The van der Waals surface area contributed by atoms with E-state index in [0.717, 1.165) is 24.9 Å². The average molecular weight is 294 g/mol. The van der Waals surface area contributed by atoms with Crippen molar-refractivity contribution >= 4 is 16.7 Å². The number of carbonyl (C=O) groups excluding carboxylic acids is 1. The Hall–Kier alpha value is -1.20. The Morgan fingerprint density at radius 3 is 2.80 bits per heavy atom. The molecule has 1 heterocycles. The summed E-state index contributed by atoms with van der Waals surface area (Å²) in [4.78, 5) is 12.1. The molecule has 1 aliphatic rings. The van der Waals surface area contributed by atoms with E-state index < -0.39 is 10.8 Å². The molecule has 0 bridgehead atoms. The van der Waals surface area contributed by atoms with Crippen molar-refractivity contribution < 1.29 is 9.00 Å². The van der Waals surface area contributed by atoms with Crippen molar-refractivity contribution in [1.29, 1.82) is 0 Å². The summed E-state index contributed by atoms with van der Waals surface area (Å²) in [5.74, 6) is 0.483. The number of hydrogen-bond acceptors (Lipinski definition) is 3. The Kier molecular flexibility index (Phi) is 5.73. The van der Waals surface area contributed by atoms with Crippen LogP contribution >= 0.6 is 0 Å². The zero-order valence-corrected chi connectivity index (χ0v) is 12.6. The van der Waals surface area contributed by atoms with Crippen molar-refractivity contribution in [2.24, 2.45) is 0 Å². The first kappa shape index (κ1) is 15.2. The summed E-state index contributed by atoms with van der Waals surface area (Å²) in [6.07, 6.45) is 4.36. The van der Waals surface area contributed by atoms with Gasteiger partial charge in [0.1, 0.15) is 0 Å². The lowest BCUT2D eigenvalue weighted by Crippen LogP contribution is -2.36. The van der Waals surface area contributed by atoms with E-state index in [1.54, 1.807) is 6.26 Å². The van der Waals surface area contributed by atoms with E-state index in [2.05, 4.69) is 10.6 Å². The summed E-state index contributed by atoms with van der Waals surface area (Å²) in [5.41, 5.74) is 1.01. The van der Waals surface area contributed by atoms with Crippen molar-refractivity contribution in [3.63, 3.8) is 0 Å². The van der Waals surface area contributed by atoms with E-state index in [4.69, 9.17) is 0 Å². The molecule has 2 N–H and O–H groups in total. The molecule has 1 fully saturated rings. The molecule has 4 nitrogen and oxygen atoms in total. The molecule has 0 aliphatic carbocycles. The second kappa shape index (κ2) is 7.55. The smallest absolute Gasteiger partial charge is 0.222 e. The Morgan fingerprint density at radius 2 is 2.20 bits per heavy atom. The fourth-order valence-corrected chi connectivity index (χ4v) is 3.29. The van der Waals surface area contributed by atoms with E-state index in [0.29, 0.717) is 18.2 Å². The first-order valence-corrected chi connectivity index (χ1v) is 8.75. The predicted octanol–water partition coefficient (Wildman–Crippen LogP) is 1.36. The molecule has 1 aliphatic heterocycles. The maximum atomic E-state index is 12.1. The third kappa shape index (κ3) is 4.72. The van der Waals surface area contributed by atoms with Gasteiger partial charge in [0.2, 0.25) is 5.91 Å². The molecule has 1 aromatic carbocycles. The first-order valence-electron chi connectivity index (χ1n) is 7.03. The molecule has 0 saturated carbocycles. The molecular weight excluding hydrogens is 272 g/mol. The van der Waals surface area contributed by atoms with Crippen LogP contribution in [0.15, 0.2) is 30.3 Å². The lowest BCUT2D eigenvalue weighted by Gasteiger charge is -2.19. The number of amides is 1. The third-order valence-electron chi connectivity index (χ3n) is 3.53. The van der Waals surface area contributed by atoms with Gasteiger partial charge in [-0.15, -0.1) is 0 Å². The van der Waals surface area contributed by atoms with Crippen LogP contribution in [0.5, 0.6) is 0 Å². The van der Waals surface area contributed by atoms with Gasteiger partial charge in [0.05, 0.1) is 6.04 Å². The van der Waals surface area contributed by atoms with Crippen LogP contribution in [0.4, 0.5) is 0 Å². The van der Waals surface area contributed by atoms with Crippen LogP contribution in [-0.2, 0) is 15.6 Å². The zero-order valence-electron chi connectivity index (χ0n) is 11.8. The topological polar surface area (TPSA) is 58.2 Å². The van der Waals surface area contributed by atoms with Crippen molar-refractivity contribution in [2.75, 3.05) is 18.6 Å². The molecule has 5 heteroatoms. The summed E-state index contributed by atoms with van der Waals surface area (Å²) in [6, 6.07) is 9.86. The number of hydrogen-bond donors (Lipinski definition) is 2. The largest absolute Gasteiger partial charge is 0.348 e. The van der Waals surface area contributed by atoms with Gasteiger partial charge in [-0.05, 0) is 24.9 Å². The van der Waals surface area contributed by atoms with E-state index in [1.165, 1.54) is 0 Å². The zero-order chi connectivity index (χ0) is 14.4. The van der Waals surface area contributed by atoms with Crippen LogP contribution in [0.25, 0.3) is 0 Å². The fourth-order valence-electron chi connectivity index (χ4n) is 2.55. The molecule has 1 saturated heterocycles. The minimum Gasteiger partial charge on any atom is -0.348 e. The minimum absolute atomic E-state index is 0.0312. The molecule has 20 heavy (non-hydrogen) atoms. The van der Waals surface area contributed by atoms with Gasteiger partial charge in [-0.25, -0.2) is 0 Å². The van der Waals surface area contributed by atoms with Crippen LogP contribution in [0.2, 0.25) is 0 Å². The molecule has 0 radical (unpaired) electrons. The quantitative estimate of drug-likeness (QED) is 0.833. The number of rotatable bonds is 6. The van der Waals surface area contributed by atoms with Gasteiger partial charge >= 0.3 is 0 Å². The van der Waals surface area contributed by atoms with E-state index >= 15 is 0 Å². The normalized spacial score (nSPS) is 21.4. The van der Waals surface area contributed by atoms with E-state index in [1.807, 2.05) is 30.3 Å². The minimum atomic E-state index is -0.947. The number of benzene rings is 1. The van der Waals surface area contributed by atoms with Crippen molar-refractivity contribution in [3.05, 3.63) is 35.9 Å². The SMILES string of the molecule is CS(=O)CC(NC(=O)CC1CCCN1)c1ccccc1. The monoisotopic (exact) mass is 294 g/mol. The fraction of sp³-hybridized carbons (Fsp3) is 0.533. The maximum absolute atomic E-state index is 12.1. The molecule has 3 atom stereocenters. The lowest BCUT2D eigenvalue weighted by molar-refractivity contribution is -0.122. The molecule has 0 aromatic heterocycles. The summed E-state index contributed by atoms with van der Waals surface area (Å²) in [6.45, 7) is 0.999. The second-order valence-electron chi connectivity index (χ2n) is 5.27. The summed E-state index contributed by atoms with van der Waals surface area (Å²) in [7, 11) is -0.947. The second-order valence-corrected chi connectivity index (χ2v) is 6.75. The van der Waals surface area contributed by atoms with Crippen molar-refractivity contribution in [2.45, 2.75) is 31.3 Å². The Balaban J connectivity index is 1.96. The number of carbonyl (C=O) groups is 1. The van der Waals surface area contributed by atoms with Gasteiger partial charge in [-0.3, -0.25) is 9.00 Å². The Bertz CT molecular complexity index is 458. The van der Waals surface area contributed by atoms with Gasteiger partial charge in [0.25, 0.3) is 0 Å². The van der Waals surface area contributed by atoms with E-state index in [9.17, 15) is 9.00 Å². The molecule has 2 rings (SSSR count). The molecular formula is C15H22N2O2S. The molecule has 110 valence electrons. The van der Waals surface area contributed by atoms with Crippen LogP contribution in [-0.4, -0.2) is 34.7 Å². The molecule has 1 amide bonds. The van der Waals surface area contributed by atoms with Crippen molar-refractivity contribution in [1.82, 2.24) is 10.6 Å². The van der Waals surface area contributed by atoms with Crippen LogP contribution < -0.4 is 10.6 Å². The Morgan fingerprint density at radius 1 is 1.45 bits per heavy atom. The summed E-state index contributed by atoms with van der Waals surface area (Å²) in [5, 5.41) is 6.34. The highest BCUT2D eigenvalue weighted by molar-refractivity contribution is 7.84. The van der Waals surface area contributed by atoms with Crippen molar-refractivity contribution in [3.8, 4) is 0 Å². The van der Waals surface area contributed by atoms with Crippen LogP contribution in [0, 0.1) is 0 Å². The molecule has 0 spiro atoms. The van der Waals surface area contributed by atoms with Gasteiger partial charge in [0.15, 0.2) is 0 Å². The summed E-state index contributed by atoms with van der Waals surface area (Å²) >= 11 is 0. The lowest BCUT2D eigenvalue weighted by atomic mass is 10.1. The highest BCUT2D eigenvalue weighted by Crippen LogP contribution is 2.15. The van der Waals surface area contributed by atoms with E-state index in [-0.39, 0.29) is 11.9 Å². The molecule has 3 unspecified atom stereocenters. The predicted molar refractivity (Wildman–Crippen MR) is 81.9 cm³/mol. The van der Waals surface area contributed by atoms with Gasteiger partial charge < -0.3 is 10.6 Å². The third-order valence-corrected chi connectivity index (χ3v) is 4.34. The van der Waals surface area contributed by atoms with Gasteiger partial charge in [-0.1, -0.05) is 30.3 Å². The first-order chi connectivity index (χ1) is 9.65. The highest BCUT2D eigenvalue weighted by Gasteiger charge is 2.21.